The molecule has 0 aliphatic carbocycles. The summed E-state index contributed by atoms with van der Waals surface area (Å²) in [7, 11) is 1.65. The molecule has 1 aliphatic heterocycles. The van der Waals surface area contributed by atoms with Crippen molar-refractivity contribution in [2.24, 2.45) is 0 Å². The maximum absolute atomic E-state index is 6.17. The number of halogens is 1. The second-order valence-corrected chi connectivity index (χ2v) is 6.91. The minimum Gasteiger partial charge on any atom is -0.497 e. The van der Waals surface area contributed by atoms with Gasteiger partial charge in [0.2, 0.25) is 0 Å². The highest BCUT2D eigenvalue weighted by molar-refractivity contribution is 6.31. The molecule has 3 aromatic rings. The lowest BCUT2D eigenvalue weighted by atomic mass is 10.1. The number of anilines is 2. The molecule has 27 heavy (non-hydrogen) atoms. The van der Waals surface area contributed by atoms with Crippen molar-refractivity contribution in [1.29, 1.82) is 0 Å². The van der Waals surface area contributed by atoms with Crippen LogP contribution in [0.4, 0.5) is 11.4 Å². The monoisotopic (exact) mass is 384 g/mol. The van der Waals surface area contributed by atoms with Crippen LogP contribution in [0.25, 0.3) is 10.9 Å². The number of pyridine rings is 1. The van der Waals surface area contributed by atoms with E-state index in [-0.39, 0.29) is 6.10 Å². The lowest BCUT2D eigenvalue weighted by Gasteiger charge is -2.24. The van der Waals surface area contributed by atoms with Crippen LogP contribution in [-0.4, -0.2) is 31.4 Å². The SMILES string of the molecule is COc1cc(Nc2ccnc3ccc(Cl)cc23)cc(OC2CCOCC2)c1. The zero-order valence-corrected chi connectivity index (χ0v) is 15.8. The number of methoxy groups -OCH3 is 1. The molecule has 2 aromatic carbocycles. The zero-order valence-electron chi connectivity index (χ0n) is 15.1. The summed E-state index contributed by atoms with van der Waals surface area (Å²) in [6.07, 6.45) is 3.73. The summed E-state index contributed by atoms with van der Waals surface area (Å²) in [5.74, 6) is 1.51. The highest BCUT2D eigenvalue weighted by Crippen LogP contribution is 2.32. The number of nitrogens with one attached hydrogen (secondary N) is 1. The van der Waals surface area contributed by atoms with Gasteiger partial charge >= 0.3 is 0 Å². The molecular weight excluding hydrogens is 364 g/mol. The van der Waals surface area contributed by atoms with E-state index in [4.69, 9.17) is 25.8 Å². The first kappa shape index (κ1) is 17.9. The van der Waals surface area contributed by atoms with Gasteiger partial charge in [0, 0.05) is 59.0 Å². The Morgan fingerprint density at radius 3 is 2.70 bits per heavy atom. The number of benzene rings is 2. The Morgan fingerprint density at radius 1 is 1.07 bits per heavy atom. The van der Waals surface area contributed by atoms with Gasteiger partial charge in [-0.2, -0.15) is 0 Å². The van der Waals surface area contributed by atoms with Gasteiger partial charge in [0.25, 0.3) is 0 Å². The number of fused-ring (bicyclic) bond motifs is 1. The molecule has 0 amide bonds. The maximum atomic E-state index is 6.17. The molecular formula is C21H21ClN2O3. The van der Waals surface area contributed by atoms with Crippen molar-refractivity contribution < 1.29 is 14.2 Å². The molecule has 6 heteroatoms. The van der Waals surface area contributed by atoms with E-state index in [1.165, 1.54) is 0 Å². The van der Waals surface area contributed by atoms with Crippen LogP contribution in [0.15, 0.2) is 48.7 Å². The van der Waals surface area contributed by atoms with Crippen LogP contribution < -0.4 is 14.8 Å². The molecule has 0 bridgehead atoms. The Labute approximate surface area is 163 Å². The average Bonchev–Trinajstić information content (AvgIpc) is 2.69. The summed E-state index contributed by atoms with van der Waals surface area (Å²) in [4.78, 5) is 4.39. The van der Waals surface area contributed by atoms with Crippen molar-refractivity contribution in [3.05, 3.63) is 53.7 Å². The lowest BCUT2D eigenvalue weighted by Crippen LogP contribution is -2.25. The highest BCUT2D eigenvalue weighted by Gasteiger charge is 2.16. The molecule has 1 N–H and O–H groups in total. The van der Waals surface area contributed by atoms with E-state index in [0.717, 1.165) is 59.8 Å². The molecule has 0 radical (unpaired) electrons. The first-order chi connectivity index (χ1) is 13.2. The van der Waals surface area contributed by atoms with Crippen LogP contribution >= 0.6 is 11.6 Å². The maximum Gasteiger partial charge on any atom is 0.125 e. The minimum atomic E-state index is 0.166. The van der Waals surface area contributed by atoms with Gasteiger partial charge in [0.1, 0.15) is 17.6 Å². The summed E-state index contributed by atoms with van der Waals surface area (Å²) < 4.78 is 17.0. The molecule has 0 saturated carbocycles. The normalized spacial score (nSPS) is 14.9. The third-order valence-electron chi connectivity index (χ3n) is 4.57. The molecule has 2 heterocycles. The molecule has 5 nitrogen and oxygen atoms in total. The molecule has 1 aliphatic rings. The van der Waals surface area contributed by atoms with Crippen LogP contribution in [0.2, 0.25) is 5.02 Å². The Morgan fingerprint density at radius 2 is 1.89 bits per heavy atom. The lowest BCUT2D eigenvalue weighted by molar-refractivity contribution is 0.0255. The van der Waals surface area contributed by atoms with Gasteiger partial charge in [-0.3, -0.25) is 4.98 Å². The average molecular weight is 385 g/mol. The van der Waals surface area contributed by atoms with Crippen molar-refractivity contribution >= 4 is 33.9 Å². The summed E-state index contributed by atoms with van der Waals surface area (Å²) >= 11 is 6.17. The van der Waals surface area contributed by atoms with Crippen LogP contribution in [0, 0.1) is 0 Å². The minimum absolute atomic E-state index is 0.166. The third kappa shape index (κ3) is 4.26. The number of hydrogen-bond donors (Lipinski definition) is 1. The first-order valence-electron chi connectivity index (χ1n) is 8.96. The number of hydrogen-bond acceptors (Lipinski definition) is 5. The van der Waals surface area contributed by atoms with E-state index in [1.807, 2.05) is 42.5 Å². The fourth-order valence-corrected chi connectivity index (χ4v) is 3.37. The molecule has 1 aromatic heterocycles. The molecule has 4 rings (SSSR count). The molecule has 0 unspecified atom stereocenters. The third-order valence-corrected chi connectivity index (χ3v) is 4.80. The summed E-state index contributed by atoms with van der Waals surface area (Å²) in [6.45, 7) is 1.48. The fraction of sp³-hybridized carbons (Fsp3) is 0.286. The summed E-state index contributed by atoms with van der Waals surface area (Å²) in [5, 5.41) is 5.08. The predicted octanol–water partition coefficient (Wildman–Crippen LogP) is 5.20. The molecule has 140 valence electrons. The van der Waals surface area contributed by atoms with Gasteiger partial charge in [0.05, 0.1) is 25.8 Å². The number of rotatable bonds is 5. The van der Waals surface area contributed by atoms with Gasteiger partial charge in [-0.25, -0.2) is 0 Å². The summed E-state index contributed by atoms with van der Waals surface area (Å²) in [6, 6.07) is 13.4. The van der Waals surface area contributed by atoms with E-state index < -0.39 is 0 Å². The molecule has 1 fully saturated rings. The van der Waals surface area contributed by atoms with E-state index in [1.54, 1.807) is 13.3 Å². The molecule has 0 atom stereocenters. The Bertz CT molecular complexity index is 942. The Kier molecular flexibility index (Phi) is 5.32. The fourth-order valence-electron chi connectivity index (χ4n) is 3.20. The number of ether oxygens (including phenoxy) is 3. The van der Waals surface area contributed by atoms with E-state index in [2.05, 4.69) is 10.3 Å². The van der Waals surface area contributed by atoms with Crippen LogP contribution in [0.3, 0.4) is 0 Å². The molecule has 1 saturated heterocycles. The largest absolute Gasteiger partial charge is 0.497 e. The van der Waals surface area contributed by atoms with Gasteiger partial charge in [-0.05, 0) is 24.3 Å². The Balaban J connectivity index is 1.63. The van der Waals surface area contributed by atoms with E-state index >= 15 is 0 Å². The van der Waals surface area contributed by atoms with Gasteiger partial charge in [-0.1, -0.05) is 11.6 Å². The Hall–Kier alpha value is -2.50. The van der Waals surface area contributed by atoms with Crippen LogP contribution in [0.1, 0.15) is 12.8 Å². The van der Waals surface area contributed by atoms with Crippen molar-refractivity contribution in [1.82, 2.24) is 4.98 Å². The van der Waals surface area contributed by atoms with Crippen molar-refractivity contribution in [3.63, 3.8) is 0 Å². The quantitative estimate of drug-likeness (QED) is 0.655. The van der Waals surface area contributed by atoms with Gasteiger partial charge < -0.3 is 19.5 Å². The topological polar surface area (TPSA) is 52.6 Å². The second kappa shape index (κ2) is 8.03. The number of aromatic nitrogens is 1. The van der Waals surface area contributed by atoms with Crippen LogP contribution in [-0.2, 0) is 4.74 Å². The van der Waals surface area contributed by atoms with Crippen molar-refractivity contribution in [2.75, 3.05) is 25.6 Å². The van der Waals surface area contributed by atoms with Crippen LogP contribution in [0.5, 0.6) is 11.5 Å². The summed E-state index contributed by atoms with van der Waals surface area (Å²) in [5.41, 5.74) is 2.68. The number of nitrogens with zero attached hydrogens (tertiary/aromatic N) is 1. The molecule has 0 spiro atoms. The van der Waals surface area contributed by atoms with E-state index in [9.17, 15) is 0 Å². The highest BCUT2D eigenvalue weighted by atomic mass is 35.5. The van der Waals surface area contributed by atoms with Crippen molar-refractivity contribution in [2.45, 2.75) is 18.9 Å². The zero-order chi connectivity index (χ0) is 18.6. The van der Waals surface area contributed by atoms with Gasteiger partial charge in [0.15, 0.2) is 0 Å². The van der Waals surface area contributed by atoms with Crippen molar-refractivity contribution in [3.8, 4) is 11.5 Å². The predicted molar refractivity (Wildman–Crippen MR) is 107 cm³/mol. The van der Waals surface area contributed by atoms with E-state index in [0.29, 0.717) is 5.02 Å². The first-order valence-corrected chi connectivity index (χ1v) is 9.34. The van der Waals surface area contributed by atoms with Gasteiger partial charge in [-0.15, -0.1) is 0 Å². The standard InChI is InChI=1S/C21H21ClN2O3/c1-25-17-11-15(12-18(13-17)27-16-5-8-26-9-6-16)24-21-4-7-23-20-3-2-14(22)10-19(20)21/h2-4,7,10-13,16H,5-6,8-9H2,1H3,(H,23,24). The smallest absolute Gasteiger partial charge is 0.125 e. The second-order valence-electron chi connectivity index (χ2n) is 6.47.